The molecular formula is C23H20N6O2. The monoisotopic (exact) mass is 412 g/mol. The van der Waals surface area contributed by atoms with Crippen molar-refractivity contribution in [2.75, 3.05) is 11.1 Å². The Bertz CT molecular complexity index is 1200. The van der Waals surface area contributed by atoms with Crippen LogP contribution in [-0.2, 0) is 11.3 Å². The molecule has 8 nitrogen and oxygen atoms in total. The molecule has 0 saturated heterocycles. The molecule has 0 radical (unpaired) electrons. The van der Waals surface area contributed by atoms with Crippen molar-refractivity contribution in [1.29, 1.82) is 0 Å². The minimum atomic E-state index is -0.513. The number of hydrogen-bond acceptors (Lipinski definition) is 8. The Labute approximate surface area is 179 Å². The van der Waals surface area contributed by atoms with Gasteiger partial charge in [0, 0.05) is 11.3 Å². The fourth-order valence-corrected chi connectivity index (χ4v) is 2.96. The molecule has 2 heterocycles. The molecule has 0 bridgehead atoms. The molecule has 31 heavy (non-hydrogen) atoms. The van der Waals surface area contributed by atoms with E-state index in [0.29, 0.717) is 11.3 Å². The summed E-state index contributed by atoms with van der Waals surface area (Å²) in [7, 11) is 0. The molecule has 4 aromatic rings. The third-order valence-electron chi connectivity index (χ3n) is 4.44. The lowest BCUT2D eigenvalue weighted by Crippen LogP contribution is -2.12. The van der Waals surface area contributed by atoms with Crippen LogP contribution >= 0.6 is 0 Å². The number of rotatable bonds is 6. The predicted molar refractivity (Wildman–Crippen MR) is 117 cm³/mol. The van der Waals surface area contributed by atoms with E-state index in [4.69, 9.17) is 10.5 Å². The van der Waals surface area contributed by atoms with Gasteiger partial charge in [-0.05, 0) is 31.2 Å². The van der Waals surface area contributed by atoms with Crippen LogP contribution in [0.3, 0.4) is 0 Å². The van der Waals surface area contributed by atoms with E-state index in [1.165, 1.54) is 0 Å². The quantitative estimate of drug-likeness (QED) is 0.458. The van der Waals surface area contributed by atoms with E-state index in [-0.39, 0.29) is 24.3 Å². The van der Waals surface area contributed by atoms with Gasteiger partial charge in [0.25, 0.3) is 0 Å². The summed E-state index contributed by atoms with van der Waals surface area (Å²) in [6.07, 6.45) is 0. The number of anilines is 3. The first-order valence-electron chi connectivity index (χ1n) is 9.61. The van der Waals surface area contributed by atoms with E-state index >= 15 is 0 Å². The van der Waals surface area contributed by atoms with Crippen LogP contribution in [0.1, 0.15) is 21.9 Å². The normalized spacial score (nSPS) is 10.5. The molecule has 3 N–H and O–H groups in total. The molecule has 0 spiro atoms. The molecule has 0 unspecified atom stereocenters. The number of ether oxygens (including phenoxy) is 1. The standard InChI is InChI=1S/C23H20N6O2/c1-15-18(12-13-19(25-15)16-8-4-2-5-9-16)21(30)31-14-20-27-22(24)29-23(28-20)26-17-10-6-3-7-11-17/h2-13H,14H2,1H3,(H3,24,26,27,28,29). The Morgan fingerprint density at radius 3 is 2.32 bits per heavy atom. The molecule has 8 heteroatoms. The summed E-state index contributed by atoms with van der Waals surface area (Å²) in [6.45, 7) is 1.63. The number of hydrogen-bond donors (Lipinski definition) is 2. The first-order valence-corrected chi connectivity index (χ1v) is 9.61. The number of nitrogens with two attached hydrogens (primary N) is 1. The van der Waals surface area contributed by atoms with Crippen molar-refractivity contribution in [1.82, 2.24) is 19.9 Å². The summed E-state index contributed by atoms with van der Waals surface area (Å²) in [6, 6.07) is 22.7. The lowest BCUT2D eigenvalue weighted by molar-refractivity contribution is 0.0461. The second kappa shape index (κ2) is 9.00. The summed E-state index contributed by atoms with van der Waals surface area (Å²) >= 11 is 0. The van der Waals surface area contributed by atoms with Gasteiger partial charge in [-0.15, -0.1) is 0 Å². The highest BCUT2D eigenvalue weighted by atomic mass is 16.5. The molecule has 0 aliphatic carbocycles. The van der Waals surface area contributed by atoms with Crippen LogP contribution in [-0.4, -0.2) is 25.9 Å². The summed E-state index contributed by atoms with van der Waals surface area (Å²) in [5, 5.41) is 3.04. The van der Waals surface area contributed by atoms with Crippen molar-refractivity contribution in [3.05, 3.63) is 89.9 Å². The summed E-state index contributed by atoms with van der Waals surface area (Å²) in [5.74, 6) is 0.0336. The average molecular weight is 412 g/mol. The second-order valence-corrected chi connectivity index (χ2v) is 6.70. The van der Waals surface area contributed by atoms with Crippen molar-refractivity contribution in [2.45, 2.75) is 13.5 Å². The number of nitrogens with zero attached hydrogens (tertiary/aromatic N) is 4. The lowest BCUT2D eigenvalue weighted by atomic mass is 10.1. The van der Waals surface area contributed by atoms with Crippen LogP contribution in [0, 0.1) is 6.92 Å². The number of carbonyl (C=O) groups is 1. The number of benzene rings is 2. The summed E-state index contributed by atoms with van der Waals surface area (Å²) in [5.41, 5.74) is 9.30. The van der Waals surface area contributed by atoms with Crippen LogP contribution in [0.4, 0.5) is 17.6 Å². The maximum atomic E-state index is 12.6. The molecular weight excluding hydrogens is 392 g/mol. The predicted octanol–water partition coefficient (Wildman–Crippen LogP) is 3.92. The van der Waals surface area contributed by atoms with Crippen LogP contribution in [0.25, 0.3) is 11.3 Å². The highest BCUT2D eigenvalue weighted by Gasteiger charge is 2.14. The number of carbonyl (C=O) groups excluding carboxylic acids is 1. The zero-order valence-electron chi connectivity index (χ0n) is 16.8. The third-order valence-corrected chi connectivity index (χ3v) is 4.44. The molecule has 0 saturated carbocycles. The number of nitrogens with one attached hydrogen (secondary N) is 1. The topological polar surface area (TPSA) is 116 Å². The van der Waals surface area contributed by atoms with Crippen molar-refractivity contribution in [3.63, 3.8) is 0 Å². The zero-order chi connectivity index (χ0) is 21.6. The van der Waals surface area contributed by atoms with Crippen molar-refractivity contribution in [3.8, 4) is 11.3 Å². The van der Waals surface area contributed by atoms with E-state index in [9.17, 15) is 4.79 Å². The maximum Gasteiger partial charge on any atom is 0.340 e. The van der Waals surface area contributed by atoms with E-state index < -0.39 is 5.97 Å². The molecule has 0 aliphatic heterocycles. The number of para-hydroxylation sites is 1. The Morgan fingerprint density at radius 2 is 1.61 bits per heavy atom. The summed E-state index contributed by atoms with van der Waals surface area (Å²) in [4.78, 5) is 29.5. The Kier molecular flexibility index (Phi) is 5.79. The van der Waals surface area contributed by atoms with Gasteiger partial charge >= 0.3 is 5.97 Å². The van der Waals surface area contributed by atoms with E-state index in [1.807, 2.05) is 60.7 Å². The van der Waals surface area contributed by atoms with E-state index in [1.54, 1.807) is 19.1 Å². The number of aromatic nitrogens is 4. The van der Waals surface area contributed by atoms with Gasteiger partial charge in [0.15, 0.2) is 12.4 Å². The van der Waals surface area contributed by atoms with E-state index in [0.717, 1.165) is 16.9 Å². The number of aryl methyl sites for hydroxylation is 1. The fraction of sp³-hybridized carbons (Fsp3) is 0.0870. The van der Waals surface area contributed by atoms with Gasteiger partial charge in [-0.3, -0.25) is 4.98 Å². The van der Waals surface area contributed by atoms with Gasteiger partial charge in [-0.2, -0.15) is 15.0 Å². The Hall–Kier alpha value is -4.33. The maximum absolute atomic E-state index is 12.6. The van der Waals surface area contributed by atoms with Gasteiger partial charge in [0.1, 0.15) is 0 Å². The Morgan fingerprint density at radius 1 is 0.903 bits per heavy atom. The molecule has 0 fully saturated rings. The largest absolute Gasteiger partial charge is 0.454 e. The molecule has 0 atom stereocenters. The van der Waals surface area contributed by atoms with Crippen LogP contribution in [0.5, 0.6) is 0 Å². The number of nitrogen functional groups attached to an aromatic ring is 1. The van der Waals surface area contributed by atoms with Crippen molar-refractivity contribution < 1.29 is 9.53 Å². The molecule has 2 aromatic carbocycles. The minimum absolute atomic E-state index is 0.0320. The van der Waals surface area contributed by atoms with Crippen LogP contribution < -0.4 is 11.1 Å². The van der Waals surface area contributed by atoms with E-state index in [2.05, 4.69) is 25.3 Å². The molecule has 4 rings (SSSR count). The number of esters is 1. The first-order chi connectivity index (χ1) is 15.1. The van der Waals surface area contributed by atoms with Gasteiger partial charge in [-0.1, -0.05) is 48.5 Å². The molecule has 0 amide bonds. The average Bonchev–Trinajstić information content (AvgIpc) is 2.78. The lowest BCUT2D eigenvalue weighted by Gasteiger charge is -2.09. The minimum Gasteiger partial charge on any atom is -0.454 e. The van der Waals surface area contributed by atoms with Gasteiger partial charge in [-0.25, -0.2) is 4.79 Å². The highest BCUT2D eigenvalue weighted by molar-refractivity contribution is 5.90. The van der Waals surface area contributed by atoms with Gasteiger partial charge in [0.2, 0.25) is 11.9 Å². The van der Waals surface area contributed by atoms with Gasteiger partial charge < -0.3 is 15.8 Å². The van der Waals surface area contributed by atoms with Crippen molar-refractivity contribution in [2.24, 2.45) is 0 Å². The highest BCUT2D eigenvalue weighted by Crippen LogP contribution is 2.19. The SMILES string of the molecule is Cc1nc(-c2ccccc2)ccc1C(=O)OCc1nc(N)nc(Nc2ccccc2)n1. The van der Waals surface area contributed by atoms with Crippen LogP contribution in [0.15, 0.2) is 72.8 Å². The molecule has 0 aliphatic rings. The van der Waals surface area contributed by atoms with Crippen molar-refractivity contribution >= 4 is 23.6 Å². The van der Waals surface area contributed by atoms with Crippen LogP contribution in [0.2, 0.25) is 0 Å². The fourth-order valence-electron chi connectivity index (χ4n) is 2.96. The van der Waals surface area contributed by atoms with Gasteiger partial charge in [0.05, 0.1) is 17.0 Å². The zero-order valence-corrected chi connectivity index (χ0v) is 16.8. The molecule has 2 aromatic heterocycles. The second-order valence-electron chi connectivity index (χ2n) is 6.70. The Balaban J connectivity index is 1.45. The number of pyridine rings is 1. The summed E-state index contributed by atoms with van der Waals surface area (Å²) < 4.78 is 5.39. The third kappa shape index (κ3) is 4.99. The first kappa shape index (κ1) is 20.0. The smallest absolute Gasteiger partial charge is 0.340 e. The molecule has 154 valence electrons.